The molecule has 3 saturated carbocycles. The van der Waals surface area contributed by atoms with Crippen molar-refractivity contribution in [3.63, 3.8) is 0 Å². The third kappa shape index (κ3) is 2.53. The Bertz CT molecular complexity index is 723. The quantitative estimate of drug-likeness (QED) is 0.731. The van der Waals surface area contributed by atoms with Gasteiger partial charge in [0.1, 0.15) is 5.78 Å². The van der Waals surface area contributed by atoms with E-state index in [1.54, 1.807) is 0 Å². The zero-order valence-electron chi connectivity index (χ0n) is 16.0. The second kappa shape index (κ2) is 6.34. The maximum absolute atomic E-state index is 12.7. The number of rotatable bonds is 1. The Balaban J connectivity index is 1.77. The van der Waals surface area contributed by atoms with Gasteiger partial charge in [0.05, 0.1) is 6.61 Å². The molecule has 0 aliphatic heterocycles. The van der Waals surface area contributed by atoms with Crippen molar-refractivity contribution in [3.8, 4) is 11.8 Å². The first-order chi connectivity index (χ1) is 12.4. The summed E-state index contributed by atoms with van der Waals surface area (Å²) in [6, 6.07) is 0. The third-order valence-electron chi connectivity index (χ3n) is 8.16. The van der Waals surface area contributed by atoms with Crippen LogP contribution in [-0.4, -0.2) is 23.3 Å². The molecule has 1 N–H and O–H groups in total. The van der Waals surface area contributed by atoms with E-state index in [0.29, 0.717) is 36.4 Å². The summed E-state index contributed by atoms with van der Waals surface area (Å²) in [6.07, 6.45) is 8.68. The predicted octanol–water partition coefficient (Wildman–Crippen LogP) is 3.70. The van der Waals surface area contributed by atoms with Crippen LogP contribution in [0.1, 0.15) is 65.2 Å². The lowest BCUT2D eigenvalue weighted by atomic mass is 9.44. The molecule has 0 heterocycles. The number of ketones is 2. The highest BCUT2D eigenvalue weighted by molar-refractivity contribution is 5.91. The van der Waals surface area contributed by atoms with E-state index in [1.807, 2.05) is 6.08 Å². The lowest BCUT2D eigenvalue weighted by Gasteiger charge is -2.58. The van der Waals surface area contributed by atoms with Crippen LogP contribution in [0.2, 0.25) is 0 Å². The number of hydrogen-bond donors (Lipinski definition) is 1. The van der Waals surface area contributed by atoms with Gasteiger partial charge in [0.25, 0.3) is 0 Å². The molecular formula is C23H30O3. The number of carbonyl (C=O) groups excluding carboxylic acids is 2. The highest BCUT2D eigenvalue weighted by Crippen LogP contribution is 2.65. The van der Waals surface area contributed by atoms with Gasteiger partial charge in [0.15, 0.2) is 5.78 Å². The van der Waals surface area contributed by atoms with Gasteiger partial charge in [0.2, 0.25) is 0 Å². The van der Waals surface area contributed by atoms with E-state index in [9.17, 15) is 9.59 Å². The Morgan fingerprint density at radius 3 is 2.73 bits per heavy atom. The zero-order valence-corrected chi connectivity index (χ0v) is 16.0. The van der Waals surface area contributed by atoms with Crippen LogP contribution in [-0.2, 0) is 9.59 Å². The van der Waals surface area contributed by atoms with Gasteiger partial charge in [0, 0.05) is 30.6 Å². The summed E-state index contributed by atoms with van der Waals surface area (Å²) in [7, 11) is 0. The molecule has 0 radical (unpaired) electrons. The van der Waals surface area contributed by atoms with Gasteiger partial charge < -0.3 is 5.11 Å². The summed E-state index contributed by atoms with van der Waals surface area (Å²) in [5, 5.41) is 9.14. The monoisotopic (exact) mass is 354 g/mol. The Morgan fingerprint density at radius 1 is 1.15 bits per heavy atom. The molecule has 0 spiro atoms. The van der Waals surface area contributed by atoms with Gasteiger partial charge >= 0.3 is 0 Å². The third-order valence-corrected chi connectivity index (χ3v) is 8.16. The molecule has 3 nitrogen and oxygen atoms in total. The van der Waals surface area contributed by atoms with Crippen LogP contribution in [0.5, 0.6) is 0 Å². The van der Waals surface area contributed by atoms with Crippen LogP contribution in [0.15, 0.2) is 11.6 Å². The Labute approximate surface area is 156 Å². The standard InChI is InChI=1S/C23H30O3/c1-22-11-10-17(25)13-16(22)6-7-18-19-8-9-20(26)23(19,2)14-15(21(18)22)5-3-4-12-24/h13,15,18-19,21,24H,4,6-12,14H2,1-2H3. The number of Topliss-reactive ketones (excluding diaryl/α,β-unsaturated/α-hetero) is 1. The summed E-state index contributed by atoms with van der Waals surface area (Å²) in [4.78, 5) is 24.8. The Hall–Kier alpha value is -1.40. The molecule has 0 aromatic heterocycles. The van der Waals surface area contributed by atoms with Gasteiger partial charge in [-0.1, -0.05) is 25.3 Å². The van der Waals surface area contributed by atoms with Gasteiger partial charge in [-0.3, -0.25) is 9.59 Å². The van der Waals surface area contributed by atoms with E-state index in [2.05, 4.69) is 25.7 Å². The lowest BCUT2D eigenvalue weighted by molar-refractivity contribution is -0.135. The minimum absolute atomic E-state index is 0.0440. The van der Waals surface area contributed by atoms with Crippen molar-refractivity contribution >= 4 is 11.6 Å². The van der Waals surface area contributed by atoms with Crippen molar-refractivity contribution in [2.24, 2.45) is 34.5 Å². The van der Waals surface area contributed by atoms with E-state index in [0.717, 1.165) is 38.5 Å². The molecule has 0 amide bonds. The van der Waals surface area contributed by atoms with E-state index in [1.165, 1.54) is 5.57 Å². The average molecular weight is 354 g/mol. The second-order valence-corrected chi connectivity index (χ2v) is 9.37. The molecule has 4 rings (SSSR count). The highest BCUT2D eigenvalue weighted by atomic mass is 16.2. The smallest absolute Gasteiger partial charge is 0.155 e. The largest absolute Gasteiger partial charge is 0.395 e. The maximum atomic E-state index is 12.7. The summed E-state index contributed by atoms with van der Waals surface area (Å²) in [5.41, 5.74) is 1.15. The molecular weight excluding hydrogens is 324 g/mol. The van der Waals surface area contributed by atoms with Crippen LogP contribution >= 0.6 is 0 Å². The van der Waals surface area contributed by atoms with Gasteiger partial charge in [-0.15, -0.1) is 5.92 Å². The maximum Gasteiger partial charge on any atom is 0.155 e. The van der Waals surface area contributed by atoms with E-state index < -0.39 is 0 Å². The molecule has 26 heavy (non-hydrogen) atoms. The molecule has 0 bridgehead atoms. The van der Waals surface area contributed by atoms with Gasteiger partial charge in [-0.2, -0.15) is 0 Å². The highest BCUT2D eigenvalue weighted by Gasteiger charge is 2.61. The van der Waals surface area contributed by atoms with Crippen LogP contribution < -0.4 is 0 Å². The van der Waals surface area contributed by atoms with Crippen molar-refractivity contribution in [3.05, 3.63) is 11.6 Å². The topological polar surface area (TPSA) is 54.4 Å². The zero-order chi connectivity index (χ0) is 18.5. The Kier molecular flexibility index (Phi) is 4.39. The average Bonchev–Trinajstić information content (AvgIpc) is 2.90. The minimum Gasteiger partial charge on any atom is -0.395 e. The Morgan fingerprint density at radius 2 is 1.96 bits per heavy atom. The molecule has 3 fully saturated rings. The van der Waals surface area contributed by atoms with Gasteiger partial charge in [-0.05, 0) is 61.3 Å². The van der Waals surface area contributed by atoms with Crippen LogP contribution in [0.25, 0.3) is 0 Å². The fourth-order valence-electron chi connectivity index (χ4n) is 6.91. The second-order valence-electron chi connectivity index (χ2n) is 9.37. The van der Waals surface area contributed by atoms with Crippen molar-refractivity contribution in [1.82, 2.24) is 0 Å². The lowest BCUT2D eigenvalue weighted by Crippen LogP contribution is -2.54. The number of carbonyl (C=O) groups is 2. The number of allylic oxidation sites excluding steroid dienone is 1. The van der Waals surface area contributed by atoms with E-state index >= 15 is 0 Å². The molecule has 3 heteroatoms. The van der Waals surface area contributed by atoms with Crippen molar-refractivity contribution in [2.75, 3.05) is 6.61 Å². The normalized spacial score (nSPS) is 44.3. The fourth-order valence-corrected chi connectivity index (χ4v) is 6.91. The summed E-state index contributed by atoms with van der Waals surface area (Å²) in [5.74, 6) is 8.99. The van der Waals surface area contributed by atoms with Crippen molar-refractivity contribution in [1.29, 1.82) is 0 Å². The molecule has 0 aromatic rings. The molecule has 6 unspecified atom stereocenters. The fraction of sp³-hybridized carbons (Fsp3) is 0.739. The van der Waals surface area contributed by atoms with Crippen LogP contribution in [0.3, 0.4) is 0 Å². The number of fused-ring (bicyclic) bond motifs is 5. The molecule has 4 aliphatic rings. The van der Waals surface area contributed by atoms with Gasteiger partial charge in [-0.25, -0.2) is 0 Å². The number of aliphatic hydroxyl groups excluding tert-OH is 1. The SMILES string of the molecule is CC12CC(C#CCCO)C3C(CCC4=CC(=O)CCC43C)C1CCC2=O. The first kappa shape index (κ1) is 18.0. The van der Waals surface area contributed by atoms with Crippen LogP contribution in [0.4, 0.5) is 0 Å². The molecule has 140 valence electrons. The first-order valence-corrected chi connectivity index (χ1v) is 10.3. The molecule has 6 atom stereocenters. The summed E-state index contributed by atoms with van der Waals surface area (Å²) in [6.45, 7) is 4.62. The minimum atomic E-state index is -0.220. The first-order valence-electron chi connectivity index (χ1n) is 10.3. The molecule has 0 aromatic carbocycles. The summed E-state index contributed by atoms with van der Waals surface area (Å²) >= 11 is 0. The predicted molar refractivity (Wildman–Crippen MR) is 100 cm³/mol. The van der Waals surface area contributed by atoms with E-state index in [-0.39, 0.29) is 29.1 Å². The van der Waals surface area contributed by atoms with Crippen LogP contribution in [0, 0.1) is 46.3 Å². The summed E-state index contributed by atoms with van der Waals surface area (Å²) < 4.78 is 0. The van der Waals surface area contributed by atoms with Crippen molar-refractivity contribution < 1.29 is 14.7 Å². The number of aliphatic hydroxyl groups is 1. The number of hydrogen-bond acceptors (Lipinski definition) is 3. The molecule has 4 aliphatic carbocycles. The van der Waals surface area contributed by atoms with Crippen molar-refractivity contribution in [2.45, 2.75) is 65.2 Å². The molecule has 0 saturated heterocycles. The van der Waals surface area contributed by atoms with E-state index in [4.69, 9.17) is 5.11 Å².